The number of nitrogens with zero attached hydrogens (tertiary/aromatic N) is 3. The molecule has 0 aliphatic carbocycles. The lowest BCUT2D eigenvalue weighted by molar-refractivity contribution is -0.144. The van der Waals surface area contributed by atoms with Crippen LogP contribution in [0.25, 0.3) is 0 Å². The summed E-state index contributed by atoms with van der Waals surface area (Å²) in [6, 6.07) is 10.4. The number of hydrogen-bond acceptors (Lipinski definition) is 7. The third-order valence-electron chi connectivity index (χ3n) is 5.46. The fourth-order valence-electron chi connectivity index (χ4n) is 3.73. The third-order valence-corrected chi connectivity index (χ3v) is 5.46. The molecule has 1 aliphatic rings. The number of rotatable bonds is 9. The van der Waals surface area contributed by atoms with Gasteiger partial charge in [-0.2, -0.15) is 0 Å². The van der Waals surface area contributed by atoms with Crippen LogP contribution in [-0.2, 0) is 20.9 Å². The molecule has 1 saturated heterocycles. The van der Waals surface area contributed by atoms with Gasteiger partial charge in [-0.25, -0.2) is 4.79 Å². The minimum Gasteiger partial charge on any atom is -0.481 e. The van der Waals surface area contributed by atoms with E-state index in [1.807, 2.05) is 18.3 Å². The Hall–Kier alpha value is -3.30. The number of carbonyl (C=O) groups excluding carboxylic acids is 2. The van der Waals surface area contributed by atoms with Crippen LogP contribution in [0.15, 0.2) is 48.8 Å². The van der Waals surface area contributed by atoms with Gasteiger partial charge in [0.2, 0.25) is 5.91 Å². The van der Waals surface area contributed by atoms with E-state index in [0.29, 0.717) is 12.2 Å². The van der Waals surface area contributed by atoms with Crippen molar-refractivity contribution in [3.8, 4) is 0 Å². The number of carbonyl (C=O) groups is 3. The van der Waals surface area contributed by atoms with Crippen LogP contribution in [0.4, 0.5) is 5.69 Å². The molecule has 0 bridgehead atoms. The maximum absolute atomic E-state index is 12.5. The summed E-state index contributed by atoms with van der Waals surface area (Å²) in [6.45, 7) is 4.21. The first-order valence-corrected chi connectivity index (χ1v) is 10.5. The van der Waals surface area contributed by atoms with Gasteiger partial charge < -0.3 is 15.2 Å². The van der Waals surface area contributed by atoms with Crippen LogP contribution in [0.2, 0.25) is 0 Å². The van der Waals surface area contributed by atoms with Crippen LogP contribution in [0.5, 0.6) is 0 Å². The van der Waals surface area contributed by atoms with Gasteiger partial charge in [-0.15, -0.1) is 0 Å². The molecule has 170 valence electrons. The highest BCUT2D eigenvalue weighted by Crippen LogP contribution is 2.18. The highest BCUT2D eigenvalue weighted by Gasteiger charge is 2.27. The molecule has 2 heterocycles. The first-order chi connectivity index (χ1) is 15.5. The Balaban J connectivity index is 1.51. The normalized spacial score (nSPS) is 15.7. The average Bonchev–Trinajstić information content (AvgIpc) is 2.80. The number of piperazine rings is 1. The van der Waals surface area contributed by atoms with E-state index < -0.39 is 23.8 Å². The van der Waals surface area contributed by atoms with Crippen molar-refractivity contribution >= 4 is 23.5 Å². The maximum atomic E-state index is 12.5. The molecule has 3 rings (SSSR count). The van der Waals surface area contributed by atoms with Gasteiger partial charge in [0.05, 0.1) is 24.3 Å². The molecule has 1 atom stereocenters. The molecule has 1 aromatic heterocycles. The number of amides is 1. The number of ether oxygens (including phenoxy) is 1. The second kappa shape index (κ2) is 11.4. The van der Waals surface area contributed by atoms with E-state index in [2.05, 4.69) is 20.1 Å². The Bertz CT molecular complexity index is 929. The molecule has 1 aliphatic heterocycles. The Morgan fingerprint density at radius 2 is 1.81 bits per heavy atom. The number of pyridine rings is 1. The Labute approximate surface area is 187 Å². The predicted molar refractivity (Wildman–Crippen MR) is 118 cm³/mol. The minimum atomic E-state index is -1.01. The summed E-state index contributed by atoms with van der Waals surface area (Å²) in [5.41, 5.74) is 1.67. The van der Waals surface area contributed by atoms with Crippen molar-refractivity contribution in [2.45, 2.75) is 13.0 Å². The highest BCUT2D eigenvalue weighted by molar-refractivity contribution is 6.01. The number of anilines is 1. The minimum absolute atomic E-state index is 0.180. The third kappa shape index (κ3) is 6.60. The quantitative estimate of drug-likeness (QED) is 0.567. The number of carboxylic acid groups (broad SMARTS) is 1. The molecular weight excluding hydrogens is 412 g/mol. The van der Waals surface area contributed by atoms with Crippen LogP contribution >= 0.6 is 0 Å². The number of aliphatic carboxylic acids is 1. The van der Waals surface area contributed by atoms with E-state index >= 15 is 0 Å². The van der Waals surface area contributed by atoms with Gasteiger partial charge >= 0.3 is 11.9 Å². The lowest BCUT2D eigenvalue weighted by atomic mass is 10.0. The van der Waals surface area contributed by atoms with Crippen LogP contribution in [0.1, 0.15) is 22.3 Å². The number of methoxy groups -OCH3 is 1. The second-order valence-electron chi connectivity index (χ2n) is 7.76. The average molecular weight is 441 g/mol. The fraction of sp³-hybridized carbons (Fsp3) is 0.391. The van der Waals surface area contributed by atoms with E-state index in [9.17, 15) is 19.5 Å². The topological polar surface area (TPSA) is 112 Å². The smallest absolute Gasteiger partial charge is 0.339 e. The van der Waals surface area contributed by atoms with E-state index in [4.69, 9.17) is 4.74 Å². The molecule has 1 fully saturated rings. The van der Waals surface area contributed by atoms with Crippen molar-refractivity contribution in [3.63, 3.8) is 0 Å². The number of benzene rings is 1. The van der Waals surface area contributed by atoms with Gasteiger partial charge in [-0.05, 0) is 23.8 Å². The van der Waals surface area contributed by atoms with Crippen LogP contribution < -0.4 is 5.32 Å². The summed E-state index contributed by atoms with van der Waals surface area (Å²) < 4.78 is 4.73. The number of carboxylic acids is 1. The Kier molecular flexibility index (Phi) is 8.29. The largest absolute Gasteiger partial charge is 0.481 e. The summed E-state index contributed by atoms with van der Waals surface area (Å²) in [7, 11) is 1.26. The number of nitrogens with one attached hydrogen (secondary N) is 1. The molecule has 1 unspecified atom stereocenters. The van der Waals surface area contributed by atoms with Gasteiger partial charge in [0.15, 0.2) is 0 Å². The molecule has 0 spiro atoms. The SMILES string of the molecule is COC(=O)c1ccccc1NC(=O)CC(CN1CCN(Cc2cccnc2)CC1)C(=O)O. The van der Waals surface area contributed by atoms with Crippen LogP contribution in [0.3, 0.4) is 0 Å². The van der Waals surface area contributed by atoms with Gasteiger partial charge in [0.1, 0.15) is 0 Å². The summed E-state index contributed by atoms with van der Waals surface area (Å²) in [5.74, 6) is -2.88. The molecule has 2 N–H and O–H groups in total. The fourth-order valence-corrected chi connectivity index (χ4v) is 3.73. The zero-order valence-electron chi connectivity index (χ0n) is 18.1. The first-order valence-electron chi connectivity index (χ1n) is 10.5. The Morgan fingerprint density at radius 3 is 2.47 bits per heavy atom. The molecule has 1 aromatic carbocycles. The number of para-hydroxylation sites is 1. The summed E-state index contributed by atoms with van der Waals surface area (Å²) in [4.78, 5) is 44.7. The van der Waals surface area contributed by atoms with Crippen molar-refractivity contribution in [2.75, 3.05) is 45.2 Å². The van der Waals surface area contributed by atoms with Crippen LogP contribution in [0, 0.1) is 5.92 Å². The molecule has 9 heteroatoms. The summed E-state index contributed by atoms with van der Waals surface area (Å²) >= 11 is 0. The van der Waals surface area contributed by atoms with Crippen LogP contribution in [-0.4, -0.2) is 77.6 Å². The van der Waals surface area contributed by atoms with Gasteiger partial charge in [-0.3, -0.25) is 24.4 Å². The van der Waals surface area contributed by atoms with Gasteiger partial charge in [-0.1, -0.05) is 18.2 Å². The number of esters is 1. The molecule has 32 heavy (non-hydrogen) atoms. The Morgan fingerprint density at radius 1 is 1.09 bits per heavy atom. The number of aromatic nitrogens is 1. The van der Waals surface area contributed by atoms with Gasteiger partial charge in [0, 0.05) is 58.1 Å². The van der Waals surface area contributed by atoms with E-state index in [1.165, 1.54) is 7.11 Å². The zero-order chi connectivity index (χ0) is 22.9. The predicted octanol–water partition coefficient (Wildman–Crippen LogP) is 1.72. The number of hydrogen-bond donors (Lipinski definition) is 2. The summed E-state index contributed by atoms with van der Waals surface area (Å²) in [6.07, 6.45) is 3.42. The van der Waals surface area contributed by atoms with Crippen molar-refractivity contribution in [3.05, 3.63) is 59.9 Å². The molecule has 9 nitrogen and oxygen atoms in total. The van der Waals surface area contributed by atoms with E-state index in [1.54, 1.807) is 30.5 Å². The molecule has 0 saturated carbocycles. The van der Waals surface area contributed by atoms with Crippen molar-refractivity contribution in [1.82, 2.24) is 14.8 Å². The van der Waals surface area contributed by atoms with Crippen molar-refractivity contribution < 1.29 is 24.2 Å². The maximum Gasteiger partial charge on any atom is 0.339 e. The lowest BCUT2D eigenvalue weighted by Crippen LogP contribution is -2.48. The standard InChI is InChI=1S/C23H28N4O5/c1-32-23(31)19-6-2-3-7-20(19)25-21(28)13-18(22(29)30)16-27-11-9-26(10-12-27)15-17-5-4-8-24-14-17/h2-8,14,18H,9-13,15-16H2,1H3,(H,25,28)(H,29,30). The monoisotopic (exact) mass is 440 g/mol. The van der Waals surface area contributed by atoms with Crippen molar-refractivity contribution in [2.24, 2.45) is 5.92 Å². The molecule has 2 aromatic rings. The highest BCUT2D eigenvalue weighted by atomic mass is 16.5. The lowest BCUT2D eigenvalue weighted by Gasteiger charge is -2.35. The van der Waals surface area contributed by atoms with E-state index in [0.717, 1.165) is 38.3 Å². The second-order valence-corrected chi connectivity index (χ2v) is 7.76. The first kappa shape index (κ1) is 23.4. The molecular formula is C23H28N4O5. The van der Waals surface area contributed by atoms with Crippen molar-refractivity contribution in [1.29, 1.82) is 0 Å². The zero-order valence-corrected chi connectivity index (χ0v) is 18.1. The van der Waals surface area contributed by atoms with E-state index in [-0.39, 0.29) is 12.0 Å². The molecule has 1 amide bonds. The summed E-state index contributed by atoms with van der Waals surface area (Å²) in [5, 5.41) is 12.3. The molecule has 0 radical (unpaired) electrons. The van der Waals surface area contributed by atoms with Gasteiger partial charge in [0.25, 0.3) is 0 Å².